The molecular formula is C17H29N3. The van der Waals surface area contributed by atoms with Crippen LogP contribution in [0.25, 0.3) is 0 Å². The van der Waals surface area contributed by atoms with Gasteiger partial charge in [0, 0.05) is 24.8 Å². The van der Waals surface area contributed by atoms with Crippen molar-refractivity contribution >= 4 is 5.82 Å². The highest BCUT2D eigenvalue weighted by atomic mass is 15.2. The Labute approximate surface area is 123 Å². The molecule has 20 heavy (non-hydrogen) atoms. The van der Waals surface area contributed by atoms with E-state index in [0.29, 0.717) is 6.04 Å². The van der Waals surface area contributed by atoms with Crippen LogP contribution in [0.2, 0.25) is 0 Å². The highest BCUT2D eigenvalue weighted by Crippen LogP contribution is 2.25. The lowest BCUT2D eigenvalue weighted by molar-refractivity contribution is 0.446. The molecule has 0 spiro atoms. The first-order chi connectivity index (χ1) is 9.76. The maximum Gasteiger partial charge on any atom is 0.129 e. The summed E-state index contributed by atoms with van der Waals surface area (Å²) in [6, 6.07) is 5.14. The average Bonchev–Trinajstić information content (AvgIpc) is 2.49. The highest BCUT2D eigenvalue weighted by molar-refractivity contribution is 5.43. The van der Waals surface area contributed by atoms with Crippen LogP contribution in [0.3, 0.4) is 0 Å². The van der Waals surface area contributed by atoms with Crippen molar-refractivity contribution in [2.45, 2.75) is 65.5 Å². The van der Waals surface area contributed by atoms with Crippen molar-refractivity contribution in [2.24, 2.45) is 0 Å². The zero-order chi connectivity index (χ0) is 14.4. The van der Waals surface area contributed by atoms with Crippen molar-refractivity contribution in [3.8, 4) is 0 Å². The van der Waals surface area contributed by atoms with Gasteiger partial charge in [-0.25, -0.2) is 4.98 Å². The molecule has 1 N–H and O–H groups in total. The summed E-state index contributed by atoms with van der Waals surface area (Å²) in [5.74, 6) is 1.17. The summed E-state index contributed by atoms with van der Waals surface area (Å²) in [5, 5.41) is 3.46. The second-order valence-electron chi connectivity index (χ2n) is 5.84. The number of piperidine rings is 1. The Hall–Kier alpha value is -1.09. The summed E-state index contributed by atoms with van der Waals surface area (Å²) in [4.78, 5) is 7.37. The molecule has 2 heterocycles. The van der Waals surface area contributed by atoms with Gasteiger partial charge >= 0.3 is 0 Å². The highest BCUT2D eigenvalue weighted by Gasteiger charge is 2.22. The summed E-state index contributed by atoms with van der Waals surface area (Å²) in [6.07, 6.45) is 6.39. The second-order valence-corrected chi connectivity index (χ2v) is 5.84. The number of hydrogen-bond acceptors (Lipinski definition) is 3. The third-order valence-electron chi connectivity index (χ3n) is 4.32. The van der Waals surface area contributed by atoms with E-state index in [4.69, 9.17) is 4.98 Å². The van der Waals surface area contributed by atoms with E-state index in [9.17, 15) is 0 Å². The number of aryl methyl sites for hydroxylation is 1. The molecule has 0 radical (unpaired) electrons. The molecule has 2 rings (SSSR count). The van der Waals surface area contributed by atoms with Crippen molar-refractivity contribution < 1.29 is 0 Å². The molecule has 1 aromatic rings. The van der Waals surface area contributed by atoms with E-state index >= 15 is 0 Å². The minimum absolute atomic E-state index is 0.680. The number of aromatic nitrogens is 1. The molecule has 0 aromatic carbocycles. The van der Waals surface area contributed by atoms with Crippen molar-refractivity contribution in [1.82, 2.24) is 10.3 Å². The number of nitrogens with one attached hydrogen (secondary N) is 1. The Morgan fingerprint density at radius 2 is 2.15 bits per heavy atom. The number of rotatable bonds is 6. The fraction of sp³-hybridized carbons (Fsp3) is 0.706. The van der Waals surface area contributed by atoms with Crippen molar-refractivity contribution in [1.29, 1.82) is 0 Å². The summed E-state index contributed by atoms with van der Waals surface area (Å²) < 4.78 is 0. The van der Waals surface area contributed by atoms with Gasteiger partial charge in [0.05, 0.1) is 0 Å². The smallest absolute Gasteiger partial charge is 0.129 e. The van der Waals surface area contributed by atoms with Gasteiger partial charge in [-0.05, 0) is 57.2 Å². The van der Waals surface area contributed by atoms with E-state index in [1.54, 1.807) is 0 Å². The quantitative estimate of drug-likeness (QED) is 0.803. The van der Waals surface area contributed by atoms with Crippen LogP contribution in [0, 0.1) is 6.92 Å². The molecule has 0 aliphatic carbocycles. The maximum absolute atomic E-state index is 4.86. The third kappa shape index (κ3) is 3.72. The van der Waals surface area contributed by atoms with Gasteiger partial charge in [0.1, 0.15) is 5.82 Å². The third-order valence-corrected chi connectivity index (χ3v) is 4.32. The molecule has 0 saturated carbocycles. The maximum atomic E-state index is 4.86. The minimum Gasteiger partial charge on any atom is -0.354 e. The van der Waals surface area contributed by atoms with E-state index in [2.05, 4.69) is 43.1 Å². The largest absolute Gasteiger partial charge is 0.354 e. The number of anilines is 1. The lowest BCUT2D eigenvalue weighted by atomic mass is 10.00. The molecular weight excluding hydrogens is 246 g/mol. The number of pyridine rings is 1. The fourth-order valence-electron chi connectivity index (χ4n) is 3.05. The van der Waals surface area contributed by atoms with Gasteiger partial charge in [0.15, 0.2) is 0 Å². The molecule has 1 aromatic heterocycles. The normalized spacial score (nSPS) is 19.4. The number of hydrogen-bond donors (Lipinski definition) is 1. The summed E-state index contributed by atoms with van der Waals surface area (Å²) in [5.41, 5.74) is 2.50. The van der Waals surface area contributed by atoms with Crippen LogP contribution in [-0.4, -0.2) is 24.1 Å². The molecule has 0 bridgehead atoms. The summed E-state index contributed by atoms with van der Waals surface area (Å²) >= 11 is 0. The van der Waals surface area contributed by atoms with E-state index < -0.39 is 0 Å². The van der Waals surface area contributed by atoms with E-state index in [-0.39, 0.29) is 0 Å². The van der Waals surface area contributed by atoms with Gasteiger partial charge in [-0.3, -0.25) is 0 Å². The van der Waals surface area contributed by atoms with Gasteiger partial charge in [0.25, 0.3) is 0 Å². The monoisotopic (exact) mass is 275 g/mol. The van der Waals surface area contributed by atoms with Crippen molar-refractivity contribution in [2.75, 3.05) is 18.0 Å². The van der Waals surface area contributed by atoms with E-state index in [1.165, 1.54) is 55.7 Å². The molecule has 1 atom stereocenters. The van der Waals surface area contributed by atoms with E-state index in [0.717, 1.165) is 13.1 Å². The molecule has 3 nitrogen and oxygen atoms in total. The lowest BCUT2D eigenvalue weighted by Gasteiger charge is -2.36. The van der Waals surface area contributed by atoms with Crippen LogP contribution in [0.4, 0.5) is 5.82 Å². The first-order valence-corrected chi connectivity index (χ1v) is 8.20. The molecule has 3 heteroatoms. The topological polar surface area (TPSA) is 28.2 Å². The SMILES string of the molecule is CCCNCc1ccc(N2CCCCC2CC)nc1C. The van der Waals surface area contributed by atoms with Gasteiger partial charge in [-0.15, -0.1) is 0 Å². The van der Waals surface area contributed by atoms with Gasteiger partial charge in [-0.1, -0.05) is 19.9 Å². The average molecular weight is 275 g/mol. The lowest BCUT2D eigenvalue weighted by Crippen LogP contribution is -2.39. The summed E-state index contributed by atoms with van der Waals surface area (Å²) in [7, 11) is 0. The van der Waals surface area contributed by atoms with Crippen LogP contribution in [0.1, 0.15) is 57.2 Å². The molecule has 1 fully saturated rings. The van der Waals surface area contributed by atoms with Crippen LogP contribution in [0.15, 0.2) is 12.1 Å². The second kappa shape index (κ2) is 7.63. The van der Waals surface area contributed by atoms with Crippen LogP contribution < -0.4 is 10.2 Å². The van der Waals surface area contributed by atoms with Crippen LogP contribution in [0.5, 0.6) is 0 Å². The molecule has 1 aliphatic heterocycles. The predicted molar refractivity (Wildman–Crippen MR) is 86.2 cm³/mol. The van der Waals surface area contributed by atoms with Crippen molar-refractivity contribution in [3.63, 3.8) is 0 Å². The molecule has 1 saturated heterocycles. The van der Waals surface area contributed by atoms with Crippen LogP contribution in [-0.2, 0) is 6.54 Å². The molecule has 1 aliphatic rings. The van der Waals surface area contributed by atoms with Gasteiger partial charge < -0.3 is 10.2 Å². The zero-order valence-corrected chi connectivity index (χ0v) is 13.3. The predicted octanol–water partition coefficient (Wildman–Crippen LogP) is 3.66. The Morgan fingerprint density at radius 1 is 1.30 bits per heavy atom. The molecule has 0 amide bonds. The van der Waals surface area contributed by atoms with Crippen LogP contribution >= 0.6 is 0 Å². The standard InChI is InChI=1S/C17H29N3/c1-4-11-18-13-15-9-10-17(19-14(15)3)20-12-7-6-8-16(20)5-2/h9-10,16,18H,4-8,11-13H2,1-3H3. The Morgan fingerprint density at radius 3 is 2.85 bits per heavy atom. The Balaban J connectivity index is 2.07. The van der Waals surface area contributed by atoms with Gasteiger partial charge in [-0.2, -0.15) is 0 Å². The Bertz CT molecular complexity index is 417. The first-order valence-electron chi connectivity index (χ1n) is 8.20. The minimum atomic E-state index is 0.680. The first kappa shape index (κ1) is 15.3. The summed E-state index contributed by atoms with van der Waals surface area (Å²) in [6.45, 7) is 9.80. The molecule has 112 valence electrons. The Kier molecular flexibility index (Phi) is 5.84. The number of nitrogens with zero attached hydrogens (tertiary/aromatic N) is 2. The van der Waals surface area contributed by atoms with Gasteiger partial charge in [0.2, 0.25) is 0 Å². The zero-order valence-electron chi connectivity index (χ0n) is 13.3. The van der Waals surface area contributed by atoms with Crippen molar-refractivity contribution in [3.05, 3.63) is 23.4 Å². The fourth-order valence-corrected chi connectivity index (χ4v) is 3.05. The molecule has 1 unspecified atom stereocenters. The van der Waals surface area contributed by atoms with E-state index in [1.807, 2.05) is 0 Å².